The molecule has 0 bridgehead atoms. The number of methoxy groups -OCH3 is 1. The maximum absolute atomic E-state index is 15.4. The van der Waals surface area contributed by atoms with Crippen molar-refractivity contribution in [3.05, 3.63) is 82.9 Å². The van der Waals surface area contributed by atoms with Crippen molar-refractivity contribution in [2.75, 3.05) is 31.6 Å². The van der Waals surface area contributed by atoms with Crippen molar-refractivity contribution in [2.45, 2.75) is 50.4 Å². The summed E-state index contributed by atoms with van der Waals surface area (Å²) in [5.41, 5.74) is 5.88. The summed E-state index contributed by atoms with van der Waals surface area (Å²) < 4.78 is 22.5. The first-order valence-electron chi connectivity index (χ1n) is 14.0. The van der Waals surface area contributed by atoms with E-state index in [0.29, 0.717) is 53.8 Å². The van der Waals surface area contributed by atoms with Gasteiger partial charge < -0.3 is 19.6 Å². The van der Waals surface area contributed by atoms with Crippen LogP contribution in [0.25, 0.3) is 16.9 Å². The van der Waals surface area contributed by atoms with E-state index < -0.39 is 11.9 Å². The number of nitrogens with zero attached hydrogens (tertiary/aromatic N) is 5. The number of carbonyl (C=O) groups is 1. The largest absolute Gasteiger partial charge is 0.388 e. The van der Waals surface area contributed by atoms with Crippen molar-refractivity contribution < 1.29 is 19.0 Å². The highest BCUT2D eigenvalue weighted by Gasteiger charge is 2.34. The number of fused-ring (bicyclic) bond motifs is 2. The zero-order chi connectivity index (χ0) is 27.5. The number of benzene rings is 2. The molecule has 1 aliphatic carbocycles. The van der Waals surface area contributed by atoms with Crippen LogP contribution in [0.15, 0.2) is 54.6 Å². The van der Waals surface area contributed by atoms with Gasteiger partial charge in [-0.1, -0.05) is 24.3 Å². The van der Waals surface area contributed by atoms with E-state index in [2.05, 4.69) is 19.1 Å². The van der Waals surface area contributed by atoms with Crippen molar-refractivity contribution in [1.29, 1.82) is 0 Å². The Morgan fingerprint density at radius 1 is 1.10 bits per heavy atom. The van der Waals surface area contributed by atoms with Crippen LogP contribution in [0.5, 0.6) is 0 Å². The zero-order valence-electron chi connectivity index (χ0n) is 22.6. The summed E-state index contributed by atoms with van der Waals surface area (Å²) in [7, 11) is 1.57. The number of anilines is 1. The third kappa shape index (κ3) is 4.24. The smallest absolute Gasteiger partial charge is 0.273 e. The standard InChI is InChI=1S/C31H32FN5O3/c1-18-22-6-4-3-5-19(22)11-12-36(18)31(39)26-14-27(20-7-8-20)37-30(33-26)15-25(34-37)23-10-9-21(13-24(23)32)35-16-28(38)29(17-35)40-2/h3-6,9-10,13-15,18,20,28-29,38H,7-8,11-12,16-17H2,1-2H3/t18-,28-,29-/m1/s1. The summed E-state index contributed by atoms with van der Waals surface area (Å²) in [6.45, 7) is 3.59. The highest BCUT2D eigenvalue weighted by molar-refractivity contribution is 5.93. The molecule has 1 saturated heterocycles. The number of hydrogen-bond donors (Lipinski definition) is 1. The van der Waals surface area contributed by atoms with Crippen molar-refractivity contribution in [1.82, 2.24) is 19.5 Å². The molecule has 1 amide bonds. The zero-order valence-corrected chi connectivity index (χ0v) is 22.6. The van der Waals surface area contributed by atoms with Crippen LogP contribution in [-0.4, -0.2) is 69.5 Å². The van der Waals surface area contributed by atoms with Crippen molar-refractivity contribution in [3.8, 4) is 11.3 Å². The summed E-state index contributed by atoms with van der Waals surface area (Å²) in [5, 5.41) is 14.9. The summed E-state index contributed by atoms with van der Waals surface area (Å²) in [6, 6.07) is 16.9. The number of rotatable bonds is 5. The Morgan fingerprint density at radius 2 is 1.93 bits per heavy atom. The number of aliphatic hydroxyl groups is 1. The minimum absolute atomic E-state index is 0.0381. The predicted octanol–water partition coefficient (Wildman–Crippen LogP) is 4.37. The molecule has 0 unspecified atom stereocenters. The number of ether oxygens (including phenoxy) is 1. The normalized spacial score (nSPS) is 22.6. The number of β-amino-alcohol motifs (C(OH)–C–C–N with tert-alkyl or cyclic N) is 1. The number of hydrogen-bond acceptors (Lipinski definition) is 6. The SMILES string of the molecule is CO[C@@H]1CN(c2ccc(-c3cc4nc(C(=O)N5CCc6ccccc6[C@H]5C)cc(C5CC5)n4n3)c(F)c2)C[C@H]1O. The average molecular weight is 542 g/mol. The summed E-state index contributed by atoms with van der Waals surface area (Å²) in [6.07, 6.45) is 1.97. The van der Waals surface area contributed by atoms with E-state index in [0.717, 1.165) is 25.0 Å². The fourth-order valence-corrected chi connectivity index (χ4v) is 6.21. The lowest BCUT2D eigenvalue weighted by Crippen LogP contribution is -2.39. The second-order valence-electron chi connectivity index (χ2n) is 11.2. The third-order valence-electron chi connectivity index (χ3n) is 8.66. The molecular formula is C31H32FN5O3. The maximum atomic E-state index is 15.4. The summed E-state index contributed by atoms with van der Waals surface area (Å²) in [5.74, 6) is -0.181. The Balaban J connectivity index is 1.21. The first-order valence-corrected chi connectivity index (χ1v) is 14.0. The molecule has 40 heavy (non-hydrogen) atoms. The van der Waals surface area contributed by atoms with Crippen LogP contribution in [0.3, 0.4) is 0 Å². The van der Waals surface area contributed by atoms with E-state index in [1.54, 1.807) is 23.8 Å². The Kier molecular flexibility index (Phi) is 6.09. The van der Waals surface area contributed by atoms with E-state index in [1.807, 2.05) is 34.1 Å². The molecule has 206 valence electrons. The quantitative estimate of drug-likeness (QED) is 0.404. The molecular weight excluding hydrogens is 509 g/mol. The van der Waals surface area contributed by atoms with Crippen molar-refractivity contribution in [2.24, 2.45) is 0 Å². The Hall–Kier alpha value is -3.82. The van der Waals surface area contributed by atoms with Gasteiger partial charge in [0.1, 0.15) is 17.6 Å². The van der Waals surface area contributed by atoms with Crippen LogP contribution >= 0.6 is 0 Å². The molecule has 1 saturated carbocycles. The molecule has 7 rings (SSSR count). The van der Waals surface area contributed by atoms with Gasteiger partial charge in [-0.15, -0.1) is 0 Å². The first-order chi connectivity index (χ1) is 19.4. The Morgan fingerprint density at radius 3 is 2.67 bits per heavy atom. The van der Waals surface area contributed by atoms with E-state index >= 15 is 4.39 Å². The van der Waals surface area contributed by atoms with E-state index in [1.165, 1.54) is 17.2 Å². The Bertz CT molecular complexity index is 1620. The molecule has 3 atom stereocenters. The van der Waals surface area contributed by atoms with E-state index in [9.17, 15) is 9.90 Å². The van der Waals surface area contributed by atoms with Crippen LogP contribution in [0, 0.1) is 5.82 Å². The fraction of sp³-hybridized carbons (Fsp3) is 0.387. The monoisotopic (exact) mass is 541 g/mol. The molecule has 2 aromatic heterocycles. The van der Waals surface area contributed by atoms with Gasteiger partial charge in [0.05, 0.1) is 17.8 Å². The summed E-state index contributed by atoms with van der Waals surface area (Å²) >= 11 is 0. The average Bonchev–Trinajstić information content (AvgIpc) is 3.61. The van der Waals surface area contributed by atoms with Gasteiger partial charge in [0, 0.05) is 55.7 Å². The molecule has 1 N–H and O–H groups in total. The van der Waals surface area contributed by atoms with Gasteiger partial charge in [-0.25, -0.2) is 13.9 Å². The van der Waals surface area contributed by atoms with Crippen LogP contribution in [0.2, 0.25) is 0 Å². The lowest BCUT2D eigenvalue weighted by atomic mass is 9.93. The predicted molar refractivity (Wildman–Crippen MR) is 149 cm³/mol. The van der Waals surface area contributed by atoms with Gasteiger partial charge >= 0.3 is 0 Å². The van der Waals surface area contributed by atoms with E-state index in [4.69, 9.17) is 14.8 Å². The number of carbonyl (C=O) groups excluding carboxylic acids is 1. The Labute approximate surface area is 232 Å². The first kappa shape index (κ1) is 25.2. The number of aromatic nitrogens is 3. The highest BCUT2D eigenvalue weighted by atomic mass is 19.1. The molecule has 0 spiro atoms. The van der Waals surface area contributed by atoms with Gasteiger partial charge in [-0.3, -0.25) is 4.79 Å². The van der Waals surface area contributed by atoms with Crippen LogP contribution in [0.4, 0.5) is 10.1 Å². The molecule has 2 fully saturated rings. The van der Waals surface area contributed by atoms with Crippen molar-refractivity contribution >= 4 is 17.2 Å². The number of amides is 1. The minimum Gasteiger partial charge on any atom is -0.388 e. The minimum atomic E-state index is -0.613. The number of aliphatic hydroxyl groups excluding tert-OH is 1. The van der Waals surface area contributed by atoms with Gasteiger partial charge in [0.2, 0.25) is 0 Å². The molecule has 3 aliphatic rings. The lowest BCUT2D eigenvalue weighted by Gasteiger charge is -2.35. The molecule has 4 aromatic rings. The maximum Gasteiger partial charge on any atom is 0.273 e. The fourth-order valence-electron chi connectivity index (χ4n) is 6.21. The highest BCUT2D eigenvalue weighted by Crippen LogP contribution is 2.41. The molecule has 0 radical (unpaired) electrons. The summed E-state index contributed by atoms with van der Waals surface area (Å²) in [4.78, 5) is 22.3. The topological polar surface area (TPSA) is 83.2 Å². The third-order valence-corrected chi connectivity index (χ3v) is 8.66. The van der Waals surface area contributed by atoms with Gasteiger partial charge in [-0.2, -0.15) is 5.10 Å². The van der Waals surface area contributed by atoms with Crippen molar-refractivity contribution in [3.63, 3.8) is 0 Å². The van der Waals surface area contributed by atoms with Crippen LogP contribution < -0.4 is 4.90 Å². The second kappa shape index (κ2) is 9.67. The van der Waals surface area contributed by atoms with Gasteiger partial charge in [0.15, 0.2) is 5.65 Å². The molecule has 2 aliphatic heterocycles. The molecule has 8 nitrogen and oxygen atoms in total. The molecule has 2 aromatic carbocycles. The molecule has 9 heteroatoms. The van der Waals surface area contributed by atoms with Crippen LogP contribution in [0.1, 0.15) is 59.0 Å². The van der Waals surface area contributed by atoms with Gasteiger partial charge in [-0.05, 0) is 61.6 Å². The molecule has 4 heterocycles. The second-order valence-corrected chi connectivity index (χ2v) is 11.2. The van der Waals surface area contributed by atoms with Crippen LogP contribution in [-0.2, 0) is 11.2 Å². The van der Waals surface area contributed by atoms with Gasteiger partial charge in [0.25, 0.3) is 5.91 Å². The lowest BCUT2D eigenvalue weighted by molar-refractivity contribution is 0.0217. The van der Waals surface area contributed by atoms with E-state index in [-0.39, 0.29) is 18.1 Å². The number of halogens is 1.